The lowest BCUT2D eigenvalue weighted by atomic mass is 9.91. The molecule has 0 radical (unpaired) electrons. The smallest absolute Gasteiger partial charge is 0.416 e. The molecule has 2 heterocycles. The van der Waals surface area contributed by atoms with E-state index in [-0.39, 0.29) is 25.2 Å². The van der Waals surface area contributed by atoms with Crippen LogP contribution in [0.5, 0.6) is 5.75 Å². The summed E-state index contributed by atoms with van der Waals surface area (Å²) in [6.07, 6.45) is -2.21. The molecule has 34 heavy (non-hydrogen) atoms. The highest BCUT2D eigenvalue weighted by Gasteiger charge is 2.38. The van der Waals surface area contributed by atoms with Gasteiger partial charge in [-0.2, -0.15) is 13.2 Å². The fourth-order valence-electron chi connectivity index (χ4n) is 4.03. The molecule has 2 aliphatic rings. The molecule has 0 unspecified atom stereocenters. The average molecular weight is 479 g/mol. The Morgan fingerprint density at radius 3 is 2.24 bits per heavy atom. The van der Waals surface area contributed by atoms with E-state index < -0.39 is 17.3 Å². The monoisotopic (exact) mass is 479 g/mol. The third-order valence-corrected chi connectivity index (χ3v) is 6.17. The van der Waals surface area contributed by atoms with Crippen LogP contribution >= 0.6 is 0 Å². The number of hydrogen-bond donors (Lipinski definition) is 1. The second-order valence-electron chi connectivity index (χ2n) is 8.69. The molecule has 2 aliphatic heterocycles. The minimum atomic E-state index is -4.36. The van der Waals surface area contributed by atoms with Crippen molar-refractivity contribution in [3.63, 3.8) is 0 Å². The molecule has 1 amide bonds. The lowest BCUT2D eigenvalue weighted by molar-refractivity contribution is -0.184. The lowest BCUT2D eigenvalue weighted by Crippen LogP contribution is -2.46. The number of carbonyl (C=O) groups is 1. The van der Waals surface area contributed by atoms with Crippen LogP contribution in [0, 0.1) is 0 Å². The topological polar surface area (TPSA) is 68.2 Å². The van der Waals surface area contributed by atoms with Gasteiger partial charge < -0.3 is 24.2 Å². The van der Waals surface area contributed by atoms with Crippen LogP contribution in [0.2, 0.25) is 0 Å². The summed E-state index contributed by atoms with van der Waals surface area (Å²) in [6, 6.07) is 11.7. The van der Waals surface area contributed by atoms with E-state index in [0.29, 0.717) is 44.0 Å². The fraction of sp³-hybridized carbons (Fsp3) is 0.480. The van der Waals surface area contributed by atoms with Crippen molar-refractivity contribution < 1.29 is 37.3 Å². The normalized spacial score (nSPS) is 18.4. The minimum absolute atomic E-state index is 0.0354. The molecule has 0 saturated carbocycles. The van der Waals surface area contributed by atoms with E-state index in [9.17, 15) is 23.1 Å². The van der Waals surface area contributed by atoms with Crippen LogP contribution in [0.3, 0.4) is 0 Å². The van der Waals surface area contributed by atoms with Gasteiger partial charge in [-0.3, -0.25) is 4.79 Å². The summed E-state index contributed by atoms with van der Waals surface area (Å²) in [5.74, 6) is 0.356. The molecule has 0 bridgehead atoms. The first-order valence-corrected chi connectivity index (χ1v) is 11.4. The zero-order valence-electron chi connectivity index (χ0n) is 18.7. The van der Waals surface area contributed by atoms with Gasteiger partial charge in [0.05, 0.1) is 38.1 Å². The Morgan fingerprint density at radius 2 is 1.68 bits per heavy atom. The number of halogens is 3. The summed E-state index contributed by atoms with van der Waals surface area (Å²) in [4.78, 5) is 14.6. The van der Waals surface area contributed by atoms with Gasteiger partial charge in [0.1, 0.15) is 11.4 Å². The van der Waals surface area contributed by atoms with Crippen molar-refractivity contribution in [3.05, 3.63) is 65.2 Å². The predicted molar refractivity (Wildman–Crippen MR) is 118 cm³/mol. The number of benzene rings is 2. The fourth-order valence-corrected chi connectivity index (χ4v) is 4.03. The van der Waals surface area contributed by atoms with Crippen LogP contribution in [0.4, 0.5) is 13.2 Å². The van der Waals surface area contributed by atoms with Gasteiger partial charge >= 0.3 is 6.18 Å². The number of ether oxygens (including phenoxy) is 3. The molecule has 4 rings (SSSR count). The molecule has 0 aliphatic carbocycles. The molecule has 184 valence electrons. The van der Waals surface area contributed by atoms with Gasteiger partial charge in [0, 0.05) is 25.1 Å². The van der Waals surface area contributed by atoms with Crippen molar-refractivity contribution in [1.82, 2.24) is 4.90 Å². The van der Waals surface area contributed by atoms with E-state index >= 15 is 0 Å². The van der Waals surface area contributed by atoms with Crippen molar-refractivity contribution >= 4 is 5.91 Å². The number of rotatable bonds is 8. The molecule has 0 atom stereocenters. The Morgan fingerprint density at radius 1 is 1.03 bits per heavy atom. The van der Waals surface area contributed by atoms with Gasteiger partial charge in [0.15, 0.2) is 0 Å². The molecule has 2 fully saturated rings. The van der Waals surface area contributed by atoms with Crippen LogP contribution in [0.25, 0.3) is 0 Å². The molecular weight excluding hydrogens is 451 g/mol. The van der Waals surface area contributed by atoms with E-state index in [1.54, 1.807) is 24.3 Å². The first-order valence-electron chi connectivity index (χ1n) is 11.4. The zero-order chi connectivity index (χ0) is 24.2. The Labute approximate surface area is 196 Å². The Bertz CT molecular complexity index is 950. The highest BCUT2D eigenvalue weighted by atomic mass is 19.4. The summed E-state index contributed by atoms with van der Waals surface area (Å²) < 4.78 is 54.2. The van der Waals surface area contributed by atoms with Gasteiger partial charge in [-0.15, -0.1) is 0 Å². The van der Waals surface area contributed by atoms with Gasteiger partial charge in [0.2, 0.25) is 0 Å². The number of nitrogens with zero attached hydrogens (tertiary/aromatic N) is 1. The van der Waals surface area contributed by atoms with Crippen LogP contribution in [-0.2, 0) is 21.3 Å². The van der Waals surface area contributed by atoms with Crippen LogP contribution in [0.15, 0.2) is 48.5 Å². The van der Waals surface area contributed by atoms with Crippen LogP contribution in [0.1, 0.15) is 40.7 Å². The van der Waals surface area contributed by atoms with Crippen molar-refractivity contribution in [1.29, 1.82) is 0 Å². The predicted octanol–water partition coefficient (Wildman–Crippen LogP) is 4.01. The number of carbonyl (C=O) groups excluding carboxylic acids is 1. The number of likely N-dealkylation sites (tertiary alicyclic amines) is 1. The third kappa shape index (κ3) is 5.89. The standard InChI is InChI=1S/C25H28F3NO5/c26-25(27,28)20-6-8-21(9-7-20)33-14-1-15-34-22-10-12-29(13-11-22)23(30)18-2-4-19(5-3-18)24(31)16-32-17-24/h2-9,22,31H,1,10-17H2. The van der Waals surface area contributed by atoms with Gasteiger partial charge in [-0.25, -0.2) is 0 Å². The van der Waals surface area contributed by atoms with Crippen LogP contribution < -0.4 is 4.74 Å². The van der Waals surface area contributed by atoms with Crippen molar-refractivity contribution in [3.8, 4) is 5.75 Å². The zero-order valence-corrected chi connectivity index (χ0v) is 18.7. The summed E-state index contributed by atoms with van der Waals surface area (Å²) >= 11 is 0. The Hall–Kier alpha value is -2.62. The maximum atomic E-state index is 12.8. The number of alkyl halides is 3. The third-order valence-electron chi connectivity index (χ3n) is 6.17. The van der Waals surface area contributed by atoms with Gasteiger partial charge in [-0.1, -0.05) is 12.1 Å². The molecule has 2 aromatic carbocycles. The minimum Gasteiger partial charge on any atom is -0.494 e. The molecule has 0 aromatic heterocycles. The molecule has 1 N–H and O–H groups in total. The SMILES string of the molecule is O=C(c1ccc(C2(O)COC2)cc1)N1CCC(OCCCOc2ccc(C(F)(F)F)cc2)CC1. The summed E-state index contributed by atoms with van der Waals surface area (Å²) in [5, 5.41) is 10.3. The van der Waals surface area contributed by atoms with E-state index in [0.717, 1.165) is 30.5 Å². The maximum absolute atomic E-state index is 12.8. The maximum Gasteiger partial charge on any atom is 0.416 e. The summed E-state index contributed by atoms with van der Waals surface area (Å²) in [7, 11) is 0. The summed E-state index contributed by atoms with van der Waals surface area (Å²) in [5.41, 5.74) is -0.301. The average Bonchev–Trinajstić information content (AvgIpc) is 2.82. The Balaban J connectivity index is 1.13. The number of hydrogen-bond acceptors (Lipinski definition) is 5. The second kappa shape index (κ2) is 10.3. The number of aliphatic hydroxyl groups is 1. The molecule has 6 nitrogen and oxygen atoms in total. The molecule has 9 heteroatoms. The highest BCUT2D eigenvalue weighted by Crippen LogP contribution is 2.31. The Kier molecular flexibility index (Phi) is 7.45. The van der Waals surface area contributed by atoms with E-state index in [1.807, 2.05) is 4.90 Å². The highest BCUT2D eigenvalue weighted by molar-refractivity contribution is 5.94. The second-order valence-corrected chi connectivity index (χ2v) is 8.69. The van der Waals surface area contributed by atoms with Crippen molar-refractivity contribution in [2.45, 2.75) is 37.1 Å². The van der Waals surface area contributed by atoms with Crippen LogP contribution in [-0.4, -0.2) is 61.5 Å². The van der Waals surface area contributed by atoms with Gasteiger partial charge in [-0.05, 0) is 54.8 Å². The molecule has 0 spiro atoms. The molecule has 2 saturated heterocycles. The van der Waals surface area contributed by atoms with E-state index in [2.05, 4.69) is 0 Å². The largest absolute Gasteiger partial charge is 0.494 e. The number of piperidine rings is 1. The number of amides is 1. The van der Waals surface area contributed by atoms with Gasteiger partial charge in [0.25, 0.3) is 5.91 Å². The molecule has 2 aromatic rings. The quantitative estimate of drug-likeness (QED) is 0.580. The molecular formula is C25H28F3NO5. The first-order chi connectivity index (χ1) is 16.2. The first kappa shape index (κ1) is 24.5. The van der Waals surface area contributed by atoms with Crippen molar-refractivity contribution in [2.24, 2.45) is 0 Å². The van der Waals surface area contributed by atoms with Crippen molar-refractivity contribution in [2.75, 3.05) is 39.5 Å². The van der Waals surface area contributed by atoms with E-state index in [1.165, 1.54) is 12.1 Å². The lowest BCUT2D eigenvalue weighted by Gasteiger charge is -2.37. The van der Waals surface area contributed by atoms with E-state index in [4.69, 9.17) is 14.2 Å². The summed E-state index contributed by atoms with van der Waals surface area (Å²) in [6.45, 7) is 2.58.